The maximum Gasteiger partial charge on any atom is 0.281 e. The number of rotatable bonds is 2. The standard InChI is InChI=1S/C20H24N2O2.C2H3NO2/c1-4-10-19-22-16(3)17-12-7-8-13-18(17)20(23)21-15(2)11-6-5-9-14-24-19;3-2(5)1-4/h4-8,10,12-13,15H,1,9,11,14H2,2-3H3,(H,21,23);1H,(H2,3,5)/b6-5+,19-10+,22-16+;/t15-;/m1./s1. The number of nitrogens with two attached hydrogens (primary N) is 1. The number of benzene rings is 1. The van der Waals surface area contributed by atoms with Crippen LogP contribution in [0.3, 0.4) is 0 Å². The smallest absolute Gasteiger partial charge is 0.281 e. The molecule has 1 aliphatic rings. The van der Waals surface area contributed by atoms with E-state index in [1.807, 2.05) is 38.1 Å². The van der Waals surface area contributed by atoms with Crippen molar-refractivity contribution in [2.45, 2.75) is 32.7 Å². The number of hydrogen-bond acceptors (Lipinski definition) is 5. The highest BCUT2D eigenvalue weighted by Crippen LogP contribution is 2.14. The lowest BCUT2D eigenvalue weighted by Gasteiger charge is -2.15. The van der Waals surface area contributed by atoms with Gasteiger partial charge in [-0.05, 0) is 38.8 Å². The molecule has 0 fully saturated rings. The predicted molar refractivity (Wildman–Crippen MR) is 113 cm³/mol. The average Bonchev–Trinajstić information content (AvgIpc) is 2.70. The van der Waals surface area contributed by atoms with E-state index in [-0.39, 0.29) is 18.2 Å². The summed E-state index contributed by atoms with van der Waals surface area (Å²) in [5.74, 6) is -0.519. The van der Waals surface area contributed by atoms with Crippen LogP contribution in [0.15, 0.2) is 66.0 Å². The van der Waals surface area contributed by atoms with Crippen molar-refractivity contribution in [2.75, 3.05) is 6.61 Å². The lowest BCUT2D eigenvalue weighted by molar-refractivity contribution is -0.129. The Labute approximate surface area is 171 Å². The summed E-state index contributed by atoms with van der Waals surface area (Å²) in [6.45, 7) is 8.12. The Hall–Kier alpha value is -3.48. The number of primary amides is 1. The van der Waals surface area contributed by atoms with Crippen molar-refractivity contribution in [2.24, 2.45) is 10.7 Å². The molecular formula is C22H27N3O4. The first-order valence-corrected chi connectivity index (χ1v) is 9.19. The van der Waals surface area contributed by atoms with Gasteiger partial charge in [0.15, 0.2) is 0 Å². The third-order valence-corrected chi connectivity index (χ3v) is 3.78. The zero-order chi connectivity index (χ0) is 21.6. The minimum atomic E-state index is -0.926. The van der Waals surface area contributed by atoms with Crippen molar-refractivity contribution in [1.29, 1.82) is 0 Å². The first kappa shape index (κ1) is 23.6. The van der Waals surface area contributed by atoms with Crippen LogP contribution in [0.4, 0.5) is 0 Å². The Kier molecular flexibility index (Phi) is 10.4. The van der Waals surface area contributed by atoms with Gasteiger partial charge in [0.2, 0.25) is 12.2 Å². The fourth-order valence-corrected chi connectivity index (χ4v) is 2.45. The molecule has 7 nitrogen and oxygen atoms in total. The molecule has 0 saturated heterocycles. The number of allylic oxidation sites excluding steroid dienone is 2. The Morgan fingerprint density at radius 1 is 1.31 bits per heavy atom. The molecule has 0 bridgehead atoms. The van der Waals surface area contributed by atoms with E-state index in [9.17, 15) is 9.59 Å². The van der Waals surface area contributed by atoms with Crippen LogP contribution in [-0.4, -0.2) is 36.5 Å². The van der Waals surface area contributed by atoms with Gasteiger partial charge in [0, 0.05) is 22.9 Å². The number of carbonyl (C=O) groups excluding carboxylic acids is 3. The Morgan fingerprint density at radius 3 is 2.59 bits per heavy atom. The topological polar surface area (TPSA) is 111 Å². The Bertz CT molecular complexity index is 825. The van der Waals surface area contributed by atoms with Crippen molar-refractivity contribution < 1.29 is 19.1 Å². The second kappa shape index (κ2) is 12.8. The summed E-state index contributed by atoms with van der Waals surface area (Å²) in [6.07, 6.45) is 9.13. The molecule has 7 heteroatoms. The molecule has 0 unspecified atom stereocenters. The summed E-state index contributed by atoms with van der Waals surface area (Å²) >= 11 is 0. The number of hydrogen-bond donors (Lipinski definition) is 2. The Morgan fingerprint density at radius 2 is 1.97 bits per heavy atom. The highest BCUT2D eigenvalue weighted by Gasteiger charge is 2.15. The van der Waals surface area contributed by atoms with Crippen LogP contribution >= 0.6 is 0 Å². The lowest BCUT2D eigenvalue weighted by Crippen LogP contribution is -2.33. The summed E-state index contributed by atoms with van der Waals surface area (Å²) in [5, 5.41) is 3.04. The van der Waals surface area contributed by atoms with Crippen LogP contribution in [0.25, 0.3) is 0 Å². The van der Waals surface area contributed by atoms with Gasteiger partial charge in [0.05, 0.1) is 6.61 Å². The minimum Gasteiger partial charge on any atom is -0.477 e. The number of carbonyl (C=O) groups is 3. The monoisotopic (exact) mass is 397 g/mol. The highest BCUT2D eigenvalue weighted by molar-refractivity contribution is 6.22. The Balaban J connectivity index is 0.000000749. The molecule has 0 radical (unpaired) electrons. The maximum atomic E-state index is 12.6. The number of nitrogens with one attached hydrogen (secondary N) is 1. The van der Waals surface area contributed by atoms with Crippen LogP contribution < -0.4 is 11.1 Å². The molecule has 3 N–H and O–H groups in total. The summed E-state index contributed by atoms with van der Waals surface area (Å²) in [5.41, 5.74) is 6.43. The molecule has 0 aromatic heterocycles. The molecule has 1 aromatic rings. The van der Waals surface area contributed by atoms with Gasteiger partial charge in [0.25, 0.3) is 11.8 Å². The van der Waals surface area contributed by atoms with Crippen molar-refractivity contribution in [3.05, 3.63) is 72.2 Å². The molecule has 154 valence electrons. The SMILES string of the molecule is C=C/C=C1\N=C(/C)c2ccccc2C(=O)N[C@H](C)C/C=C/CCO1.NC(=O)C=O. The molecule has 0 saturated carbocycles. The molecule has 2 amide bonds. The van der Waals surface area contributed by atoms with Gasteiger partial charge in [-0.1, -0.05) is 43.0 Å². The van der Waals surface area contributed by atoms with Crippen molar-refractivity contribution in [1.82, 2.24) is 5.32 Å². The summed E-state index contributed by atoms with van der Waals surface area (Å²) in [7, 11) is 0. The first-order valence-electron chi connectivity index (χ1n) is 9.19. The zero-order valence-electron chi connectivity index (χ0n) is 16.8. The third-order valence-electron chi connectivity index (χ3n) is 3.78. The molecule has 1 aromatic carbocycles. The molecule has 1 atom stereocenters. The summed E-state index contributed by atoms with van der Waals surface area (Å²) in [6, 6.07) is 7.54. The van der Waals surface area contributed by atoms with Gasteiger partial charge in [0.1, 0.15) is 0 Å². The summed E-state index contributed by atoms with van der Waals surface area (Å²) < 4.78 is 5.72. The first-order chi connectivity index (χ1) is 13.9. The van der Waals surface area contributed by atoms with Crippen LogP contribution in [0.5, 0.6) is 0 Å². The van der Waals surface area contributed by atoms with E-state index in [1.165, 1.54) is 0 Å². The number of aliphatic imine (C=N–C) groups is 1. The summed E-state index contributed by atoms with van der Waals surface area (Å²) in [4.78, 5) is 35.4. The minimum absolute atomic E-state index is 0.0556. The molecule has 1 aliphatic heterocycles. The van der Waals surface area contributed by atoms with E-state index < -0.39 is 5.91 Å². The second-order valence-electron chi connectivity index (χ2n) is 6.22. The molecular weight excluding hydrogens is 370 g/mol. The van der Waals surface area contributed by atoms with Gasteiger partial charge in [-0.25, -0.2) is 4.99 Å². The van der Waals surface area contributed by atoms with Gasteiger partial charge >= 0.3 is 0 Å². The molecule has 2 rings (SSSR count). The molecule has 29 heavy (non-hydrogen) atoms. The van der Waals surface area contributed by atoms with Crippen LogP contribution in [-0.2, 0) is 14.3 Å². The predicted octanol–water partition coefficient (Wildman–Crippen LogP) is 2.68. The van der Waals surface area contributed by atoms with Crippen LogP contribution in [0, 0.1) is 0 Å². The van der Waals surface area contributed by atoms with Crippen molar-refractivity contribution in [3.8, 4) is 0 Å². The average molecular weight is 397 g/mol. The van der Waals surface area contributed by atoms with Crippen LogP contribution in [0.1, 0.15) is 42.6 Å². The van der Waals surface area contributed by atoms with E-state index in [4.69, 9.17) is 9.53 Å². The molecule has 0 spiro atoms. The van der Waals surface area contributed by atoms with Gasteiger partial charge in [-0.2, -0.15) is 0 Å². The fourth-order valence-electron chi connectivity index (χ4n) is 2.45. The zero-order valence-corrected chi connectivity index (χ0v) is 16.8. The number of nitrogens with zero attached hydrogens (tertiary/aromatic N) is 1. The number of fused-ring (bicyclic) bond motifs is 1. The number of aldehydes is 1. The van der Waals surface area contributed by atoms with E-state index in [0.29, 0.717) is 18.1 Å². The maximum absolute atomic E-state index is 12.6. The van der Waals surface area contributed by atoms with Gasteiger partial charge in [-0.15, -0.1) is 0 Å². The third kappa shape index (κ3) is 8.83. The lowest BCUT2D eigenvalue weighted by atomic mass is 10.0. The van der Waals surface area contributed by atoms with Crippen molar-refractivity contribution >= 4 is 23.8 Å². The largest absolute Gasteiger partial charge is 0.477 e. The second-order valence-corrected chi connectivity index (χ2v) is 6.22. The normalized spacial score (nSPS) is 21.4. The van der Waals surface area contributed by atoms with E-state index in [1.54, 1.807) is 12.2 Å². The molecule has 0 aliphatic carbocycles. The number of amides is 2. The van der Waals surface area contributed by atoms with E-state index >= 15 is 0 Å². The van der Waals surface area contributed by atoms with E-state index in [2.05, 4.69) is 34.8 Å². The number of ether oxygens (including phenoxy) is 1. The fraction of sp³-hybridized carbons (Fsp3) is 0.273. The van der Waals surface area contributed by atoms with Gasteiger partial charge in [-0.3, -0.25) is 14.4 Å². The quantitative estimate of drug-likeness (QED) is 0.454. The van der Waals surface area contributed by atoms with E-state index in [0.717, 1.165) is 24.1 Å². The van der Waals surface area contributed by atoms with Gasteiger partial charge < -0.3 is 15.8 Å². The highest BCUT2D eigenvalue weighted by atomic mass is 16.5. The molecule has 1 heterocycles. The van der Waals surface area contributed by atoms with Crippen molar-refractivity contribution in [3.63, 3.8) is 0 Å². The van der Waals surface area contributed by atoms with Crippen LogP contribution in [0.2, 0.25) is 0 Å².